The average Bonchev–Trinajstić information content (AvgIpc) is 2.69. The van der Waals surface area contributed by atoms with Crippen molar-refractivity contribution in [2.45, 2.75) is 20.4 Å². The zero-order valence-corrected chi connectivity index (χ0v) is 8.95. The fourth-order valence-corrected chi connectivity index (χ4v) is 1.52. The topological polar surface area (TPSA) is 38.1 Å². The van der Waals surface area contributed by atoms with Crippen LogP contribution >= 0.6 is 0 Å². The number of rotatable bonds is 3. The Labute approximate surface area is 89.1 Å². The summed E-state index contributed by atoms with van der Waals surface area (Å²) in [7, 11) is 0. The third-order valence-electron chi connectivity index (χ3n) is 2.35. The van der Waals surface area contributed by atoms with Gasteiger partial charge < -0.3 is 9.84 Å². The maximum atomic E-state index is 4.76. The van der Waals surface area contributed by atoms with Gasteiger partial charge in [0.15, 0.2) is 0 Å². The second-order valence-electron chi connectivity index (χ2n) is 3.70. The smallest absolute Gasteiger partial charge is 0.128 e. The van der Waals surface area contributed by atoms with Crippen molar-refractivity contribution in [3.05, 3.63) is 47.3 Å². The summed E-state index contributed by atoms with van der Waals surface area (Å²) in [6.45, 7) is 4.94. The quantitative estimate of drug-likeness (QED) is 0.831. The number of anilines is 1. The van der Waals surface area contributed by atoms with Gasteiger partial charge in [0.25, 0.3) is 0 Å². The van der Waals surface area contributed by atoms with Gasteiger partial charge in [-0.2, -0.15) is 0 Å². The molecule has 0 fully saturated rings. The molecule has 1 N–H and O–H groups in total. The highest BCUT2D eigenvalue weighted by Gasteiger charge is 1.99. The first-order chi connectivity index (χ1) is 7.25. The Kier molecular flexibility index (Phi) is 2.72. The van der Waals surface area contributed by atoms with Gasteiger partial charge in [0.05, 0.1) is 6.20 Å². The van der Waals surface area contributed by atoms with Gasteiger partial charge in [-0.15, -0.1) is 0 Å². The molecular weight excluding hydrogens is 188 g/mol. The molecule has 2 rings (SSSR count). The third kappa shape index (κ3) is 2.37. The van der Waals surface area contributed by atoms with Gasteiger partial charge in [0, 0.05) is 17.8 Å². The molecule has 1 heterocycles. The van der Waals surface area contributed by atoms with Crippen LogP contribution in [0.5, 0.6) is 0 Å². The standard InChI is InChI=1S/C12H14N2O/c1-9-3-4-12(10(2)5-9)13-6-11-7-14-15-8-11/h3-5,7-8,13H,6H2,1-2H3. The summed E-state index contributed by atoms with van der Waals surface area (Å²) in [5.41, 5.74) is 4.74. The zero-order valence-electron chi connectivity index (χ0n) is 8.95. The van der Waals surface area contributed by atoms with Gasteiger partial charge in [-0.3, -0.25) is 0 Å². The Bertz CT molecular complexity index is 435. The van der Waals surface area contributed by atoms with Crippen LogP contribution in [0, 0.1) is 13.8 Å². The number of hydrogen-bond acceptors (Lipinski definition) is 3. The second kappa shape index (κ2) is 4.17. The Balaban J connectivity index is 2.05. The van der Waals surface area contributed by atoms with Crippen molar-refractivity contribution in [2.24, 2.45) is 0 Å². The molecule has 3 heteroatoms. The van der Waals surface area contributed by atoms with Crippen molar-refractivity contribution >= 4 is 5.69 Å². The summed E-state index contributed by atoms with van der Waals surface area (Å²) >= 11 is 0. The minimum atomic E-state index is 0.743. The molecule has 3 nitrogen and oxygen atoms in total. The fourth-order valence-electron chi connectivity index (χ4n) is 1.52. The van der Waals surface area contributed by atoms with E-state index in [0.29, 0.717) is 0 Å². The van der Waals surface area contributed by atoms with Crippen molar-refractivity contribution in [1.82, 2.24) is 5.16 Å². The number of nitrogens with zero attached hydrogens (tertiary/aromatic N) is 1. The molecule has 0 aliphatic rings. The minimum absolute atomic E-state index is 0.743. The fraction of sp³-hybridized carbons (Fsp3) is 0.250. The molecule has 0 bridgehead atoms. The van der Waals surface area contributed by atoms with Gasteiger partial charge in [0.2, 0.25) is 0 Å². The summed E-state index contributed by atoms with van der Waals surface area (Å²) < 4.78 is 4.76. The van der Waals surface area contributed by atoms with Crippen LogP contribution in [0.1, 0.15) is 16.7 Å². The van der Waals surface area contributed by atoms with E-state index < -0.39 is 0 Å². The van der Waals surface area contributed by atoms with Crippen molar-refractivity contribution < 1.29 is 4.52 Å². The van der Waals surface area contributed by atoms with Crippen LogP contribution in [0.4, 0.5) is 5.69 Å². The normalized spacial score (nSPS) is 10.3. The lowest BCUT2D eigenvalue weighted by molar-refractivity contribution is 0.419. The molecule has 78 valence electrons. The molecular formula is C12H14N2O. The van der Waals surface area contributed by atoms with E-state index in [4.69, 9.17) is 4.52 Å². The predicted molar refractivity (Wildman–Crippen MR) is 59.7 cm³/mol. The molecule has 0 aliphatic carbocycles. The zero-order chi connectivity index (χ0) is 10.7. The van der Waals surface area contributed by atoms with Gasteiger partial charge >= 0.3 is 0 Å². The maximum Gasteiger partial charge on any atom is 0.128 e. The Hall–Kier alpha value is -1.77. The van der Waals surface area contributed by atoms with Gasteiger partial charge in [-0.25, -0.2) is 0 Å². The summed E-state index contributed by atoms with van der Waals surface area (Å²) in [4.78, 5) is 0. The highest BCUT2D eigenvalue weighted by atomic mass is 16.5. The lowest BCUT2D eigenvalue weighted by Crippen LogP contribution is -1.99. The number of hydrogen-bond donors (Lipinski definition) is 1. The molecule has 0 aliphatic heterocycles. The van der Waals surface area contributed by atoms with Crippen molar-refractivity contribution in [3.8, 4) is 0 Å². The maximum absolute atomic E-state index is 4.76. The lowest BCUT2D eigenvalue weighted by Gasteiger charge is -2.08. The van der Waals surface area contributed by atoms with E-state index in [1.807, 2.05) is 0 Å². The van der Waals surface area contributed by atoms with E-state index in [-0.39, 0.29) is 0 Å². The predicted octanol–water partition coefficient (Wildman–Crippen LogP) is 2.90. The number of aryl methyl sites for hydroxylation is 2. The summed E-state index contributed by atoms with van der Waals surface area (Å²) in [6.07, 6.45) is 3.37. The van der Waals surface area contributed by atoms with Crippen LogP contribution in [0.25, 0.3) is 0 Å². The van der Waals surface area contributed by atoms with Gasteiger partial charge in [-0.1, -0.05) is 22.9 Å². The minimum Gasteiger partial charge on any atom is -0.381 e. The molecule has 0 amide bonds. The van der Waals surface area contributed by atoms with Crippen LogP contribution in [-0.4, -0.2) is 5.16 Å². The highest BCUT2D eigenvalue weighted by molar-refractivity contribution is 5.52. The molecule has 0 atom stereocenters. The molecule has 0 saturated carbocycles. The molecule has 0 spiro atoms. The van der Waals surface area contributed by atoms with E-state index in [0.717, 1.165) is 17.8 Å². The summed E-state index contributed by atoms with van der Waals surface area (Å²) in [6, 6.07) is 6.36. The van der Waals surface area contributed by atoms with E-state index in [2.05, 4.69) is 42.5 Å². The van der Waals surface area contributed by atoms with E-state index in [1.54, 1.807) is 12.5 Å². The van der Waals surface area contributed by atoms with E-state index in [1.165, 1.54) is 11.1 Å². The Morgan fingerprint density at radius 3 is 2.87 bits per heavy atom. The first-order valence-corrected chi connectivity index (χ1v) is 4.95. The lowest BCUT2D eigenvalue weighted by atomic mass is 10.1. The molecule has 1 aromatic heterocycles. The number of benzene rings is 1. The third-order valence-corrected chi connectivity index (χ3v) is 2.35. The molecule has 1 aromatic carbocycles. The SMILES string of the molecule is Cc1ccc(NCc2cnoc2)c(C)c1. The second-order valence-corrected chi connectivity index (χ2v) is 3.70. The summed E-state index contributed by atoms with van der Waals surface area (Å²) in [5, 5.41) is 7.00. The molecule has 0 radical (unpaired) electrons. The highest BCUT2D eigenvalue weighted by Crippen LogP contribution is 2.16. The molecule has 0 unspecified atom stereocenters. The van der Waals surface area contributed by atoms with Crippen LogP contribution in [0.2, 0.25) is 0 Å². The van der Waals surface area contributed by atoms with Crippen LogP contribution < -0.4 is 5.32 Å². The van der Waals surface area contributed by atoms with Crippen LogP contribution in [-0.2, 0) is 6.54 Å². The van der Waals surface area contributed by atoms with Gasteiger partial charge in [-0.05, 0) is 25.5 Å². The van der Waals surface area contributed by atoms with Crippen molar-refractivity contribution in [3.63, 3.8) is 0 Å². The van der Waals surface area contributed by atoms with Crippen LogP contribution in [0.15, 0.2) is 35.2 Å². The van der Waals surface area contributed by atoms with Crippen LogP contribution in [0.3, 0.4) is 0 Å². The van der Waals surface area contributed by atoms with E-state index >= 15 is 0 Å². The Morgan fingerprint density at radius 1 is 1.33 bits per heavy atom. The Morgan fingerprint density at radius 2 is 2.20 bits per heavy atom. The van der Waals surface area contributed by atoms with Crippen molar-refractivity contribution in [1.29, 1.82) is 0 Å². The monoisotopic (exact) mass is 202 g/mol. The summed E-state index contributed by atoms with van der Waals surface area (Å²) in [5.74, 6) is 0. The molecule has 2 aromatic rings. The van der Waals surface area contributed by atoms with E-state index in [9.17, 15) is 0 Å². The number of aromatic nitrogens is 1. The molecule has 0 saturated heterocycles. The largest absolute Gasteiger partial charge is 0.381 e. The van der Waals surface area contributed by atoms with Gasteiger partial charge in [0.1, 0.15) is 6.26 Å². The molecule has 15 heavy (non-hydrogen) atoms. The first-order valence-electron chi connectivity index (χ1n) is 4.95. The first kappa shape index (κ1) is 9.77. The van der Waals surface area contributed by atoms with Crippen molar-refractivity contribution in [2.75, 3.05) is 5.32 Å². The number of nitrogens with one attached hydrogen (secondary N) is 1. The average molecular weight is 202 g/mol.